The summed E-state index contributed by atoms with van der Waals surface area (Å²) >= 11 is 0. The smallest absolute Gasteiger partial charge is 0.139 e. The fourth-order valence-electron chi connectivity index (χ4n) is 6.06. The number of carbonyl (C=O) groups is 1. The third kappa shape index (κ3) is 2.07. The second-order valence-electron chi connectivity index (χ2n) is 8.01. The van der Waals surface area contributed by atoms with Gasteiger partial charge in [0.25, 0.3) is 0 Å². The van der Waals surface area contributed by atoms with Crippen molar-refractivity contribution in [2.45, 2.75) is 51.4 Å². The van der Waals surface area contributed by atoms with Crippen LogP contribution in [0.3, 0.4) is 0 Å². The van der Waals surface area contributed by atoms with E-state index in [1.807, 2.05) is 12.1 Å². The molecule has 1 aromatic rings. The van der Waals surface area contributed by atoms with Gasteiger partial charge >= 0.3 is 0 Å². The molecule has 2 saturated carbocycles. The molecule has 3 aliphatic rings. The Kier molecular flexibility index (Phi) is 3.48. The molecule has 122 valence electrons. The van der Waals surface area contributed by atoms with Gasteiger partial charge in [0, 0.05) is 11.8 Å². The number of hydrogen-bond acceptors (Lipinski definition) is 1. The maximum Gasteiger partial charge on any atom is 0.139 e. The van der Waals surface area contributed by atoms with Gasteiger partial charge in [0.2, 0.25) is 0 Å². The molecular weight excluding hydrogens is 287 g/mol. The summed E-state index contributed by atoms with van der Waals surface area (Å²) in [4.78, 5) is 12.7. The van der Waals surface area contributed by atoms with Crippen LogP contribution in [-0.2, 0) is 11.2 Å². The SMILES string of the molecule is C=CC[C@@H]1CC(=O)[C@@]2(C)CC[C@@H]3c4cccc(F)c4CCC3[C@H]12. The highest BCUT2D eigenvalue weighted by Crippen LogP contribution is 2.62. The molecule has 0 saturated heterocycles. The van der Waals surface area contributed by atoms with Crippen LogP contribution >= 0.6 is 0 Å². The summed E-state index contributed by atoms with van der Waals surface area (Å²) in [7, 11) is 0. The Morgan fingerprint density at radius 2 is 2.22 bits per heavy atom. The first-order valence-electron chi connectivity index (χ1n) is 8.97. The molecule has 1 nitrogen and oxygen atoms in total. The van der Waals surface area contributed by atoms with E-state index >= 15 is 0 Å². The van der Waals surface area contributed by atoms with Gasteiger partial charge < -0.3 is 0 Å². The lowest BCUT2D eigenvalue weighted by atomic mass is 9.54. The normalized spacial score (nSPS) is 38.6. The number of Topliss-reactive ketones (excluding diaryl/α,β-unsaturated/α-hetero) is 1. The van der Waals surface area contributed by atoms with Crippen LogP contribution in [0, 0.1) is 29.0 Å². The van der Waals surface area contributed by atoms with Gasteiger partial charge in [-0.3, -0.25) is 4.79 Å². The van der Waals surface area contributed by atoms with E-state index in [1.165, 1.54) is 5.56 Å². The van der Waals surface area contributed by atoms with Gasteiger partial charge in [-0.05, 0) is 73.0 Å². The molecule has 0 aliphatic heterocycles. The first-order chi connectivity index (χ1) is 11.1. The summed E-state index contributed by atoms with van der Waals surface area (Å²) in [5.74, 6) is 2.26. The van der Waals surface area contributed by atoms with Crippen molar-refractivity contribution in [2.75, 3.05) is 0 Å². The molecule has 5 atom stereocenters. The van der Waals surface area contributed by atoms with Gasteiger partial charge in [-0.2, -0.15) is 0 Å². The largest absolute Gasteiger partial charge is 0.299 e. The van der Waals surface area contributed by atoms with Crippen LogP contribution in [0.15, 0.2) is 30.9 Å². The van der Waals surface area contributed by atoms with E-state index in [0.717, 1.165) is 37.7 Å². The molecule has 0 aromatic heterocycles. The maximum atomic E-state index is 14.2. The van der Waals surface area contributed by atoms with Crippen LogP contribution in [0.25, 0.3) is 0 Å². The van der Waals surface area contributed by atoms with Crippen molar-refractivity contribution < 1.29 is 9.18 Å². The van der Waals surface area contributed by atoms with E-state index in [1.54, 1.807) is 6.07 Å². The van der Waals surface area contributed by atoms with Crippen LogP contribution in [0.1, 0.15) is 56.1 Å². The number of ketones is 1. The molecule has 0 amide bonds. The highest BCUT2D eigenvalue weighted by Gasteiger charge is 2.58. The zero-order chi connectivity index (χ0) is 16.2. The lowest BCUT2D eigenvalue weighted by Gasteiger charge is -2.49. The molecule has 0 N–H and O–H groups in total. The topological polar surface area (TPSA) is 17.1 Å². The molecule has 1 unspecified atom stereocenters. The zero-order valence-electron chi connectivity index (χ0n) is 13.9. The summed E-state index contributed by atoms with van der Waals surface area (Å²) < 4.78 is 14.2. The van der Waals surface area contributed by atoms with Crippen molar-refractivity contribution in [3.05, 3.63) is 47.8 Å². The fraction of sp³-hybridized carbons (Fsp3) is 0.571. The molecule has 1 aromatic carbocycles. The molecule has 0 radical (unpaired) electrons. The van der Waals surface area contributed by atoms with E-state index in [4.69, 9.17) is 0 Å². The van der Waals surface area contributed by atoms with Crippen LogP contribution in [0.4, 0.5) is 4.39 Å². The number of carbonyl (C=O) groups excluding carboxylic acids is 1. The third-order valence-electron chi connectivity index (χ3n) is 7.03. The Bertz CT molecular complexity index is 664. The lowest BCUT2D eigenvalue weighted by molar-refractivity contribution is -0.129. The second kappa shape index (κ2) is 5.29. The van der Waals surface area contributed by atoms with E-state index in [2.05, 4.69) is 19.6 Å². The number of allylic oxidation sites excluding steroid dienone is 1. The van der Waals surface area contributed by atoms with Crippen molar-refractivity contribution in [3.63, 3.8) is 0 Å². The van der Waals surface area contributed by atoms with E-state index in [9.17, 15) is 9.18 Å². The average molecular weight is 312 g/mol. The van der Waals surface area contributed by atoms with Gasteiger partial charge in [0.1, 0.15) is 11.6 Å². The quantitative estimate of drug-likeness (QED) is 0.698. The third-order valence-corrected chi connectivity index (χ3v) is 7.03. The minimum atomic E-state index is -0.153. The predicted molar refractivity (Wildman–Crippen MR) is 89.7 cm³/mol. The number of fused-ring (bicyclic) bond motifs is 5. The van der Waals surface area contributed by atoms with Gasteiger partial charge in [-0.15, -0.1) is 6.58 Å². The number of rotatable bonds is 2. The standard InChI is InChI=1S/C21H25FO/c1-3-5-13-12-19(23)21(2)11-10-15-14-6-4-7-18(22)16(14)8-9-17(15)20(13)21/h3-4,6-7,13,15,17,20H,1,5,8-12H2,2H3/t13-,15-,17?,20+,21-/m1/s1. The molecule has 4 rings (SSSR count). The zero-order valence-corrected chi connectivity index (χ0v) is 13.9. The van der Waals surface area contributed by atoms with Crippen LogP contribution < -0.4 is 0 Å². The van der Waals surface area contributed by atoms with Crippen molar-refractivity contribution in [1.29, 1.82) is 0 Å². The van der Waals surface area contributed by atoms with E-state index in [0.29, 0.717) is 35.9 Å². The predicted octanol–water partition coefficient (Wildman–Crippen LogP) is 5.05. The molecule has 0 bridgehead atoms. The van der Waals surface area contributed by atoms with Crippen molar-refractivity contribution >= 4 is 5.78 Å². The number of hydrogen-bond donors (Lipinski definition) is 0. The van der Waals surface area contributed by atoms with Gasteiger partial charge in [-0.1, -0.05) is 25.1 Å². The van der Waals surface area contributed by atoms with Gasteiger partial charge in [-0.25, -0.2) is 4.39 Å². The fourth-order valence-corrected chi connectivity index (χ4v) is 6.06. The summed E-state index contributed by atoms with van der Waals surface area (Å²) in [6.07, 6.45) is 7.47. The first kappa shape index (κ1) is 15.1. The van der Waals surface area contributed by atoms with Crippen molar-refractivity contribution in [3.8, 4) is 0 Å². The molecule has 23 heavy (non-hydrogen) atoms. The van der Waals surface area contributed by atoms with Gasteiger partial charge in [0.05, 0.1) is 0 Å². The van der Waals surface area contributed by atoms with Crippen LogP contribution in [0.5, 0.6) is 0 Å². The summed E-state index contributed by atoms with van der Waals surface area (Å²) in [6, 6.07) is 5.56. The molecule has 0 heterocycles. The van der Waals surface area contributed by atoms with E-state index in [-0.39, 0.29) is 11.2 Å². The van der Waals surface area contributed by atoms with Crippen molar-refractivity contribution in [2.24, 2.45) is 23.2 Å². The average Bonchev–Trinajstić information content (AvgIpc) is 2.79. The summed E-state index contributed by atoms with van der Waals surface area (Å²) in [6.45, 7) is 6.10. The number of benzene rings is 1. The molecule has 2 fully saturated rings. The Balaban J connectivity index is 1.75. The second-order valence-corrected chi connectivity index (χ2v) is 8.01. The van der Waals surface area contributed by atoms with Gasteiger partial charge in [0.15, 0.2) is 0 Å². The first-order valence-corrected chi connectivity index (χ1v) is 8.97. The summed E-state index contributed by atoms with van der Waals surface area (Å²) in [5.41, 5.74) is 2.00. The number of halogens is 1. The molecule has 3 aliphatic carbocycles. The Labute approximate surface area is 138 Å². The molecule has 0 spiro atoms. The molecular formula is C21H25FO. The minimum Gasteiger partial charge on any atom is -0.299 e. The monoisotopic (exact) mass is 312 g/mol. The lowest BCUT2D eigenvalue weighted by Crippen LogP contribution is -2.44. The van der Waals surface area contributed by atoms with Crippen LogP contribution in [0.2, 0.25) is 0 Å². The van der Waals surface area contributed by atoms with E-state index < -0.39 is 0 Å². The maximum absolute atomic E-state index is 14.2. The summed E-state index contributed by atoms with van der Waals surface area (Å²) in [5, 5.41) is 0. The Morgan fingerprint density at radius 3 is 3.00 bits per heavy atom. The molecule has 2 heteroatoms. The minimum absolute atomic E-state index is 0.0422. The van der Waals surface area contributed by atoms with Crippen molar-refractivity contribution in [1.82, 2.24) is 0 Å². The highest BCUT2D eigenvalue weighted by molar-refractivity contribution is 5.87. The highest BCUT2D eigenvalue weighted by atomic mass is 19.1. The Morgan fingerprint density at radius 1 is 1.39 bits per heavy atom. The van der Waals surface area contributed by atoms with Crippen LogP contribution in [-0.4, -0.2) is 5.78 Å². The Hall–Kier alpha value is -1.44.